The third kappa shape index (κ3) is 5.90. The minimum absolute atomic E-state index is 0.0850. The number of nitrogens with one attached hydrogen (secondary N) is 2. The molecular formula is C22H19F3N2O6S. The average Bonchev–Trinajstić information content (AvgIpc) is 2.78. The number of amides is 1. The molecule has 0 saturated carbocycles. The van der Waals surface area contributed by atoms with Gasteiger partial charge in [0, 0.05) is 6.07 Å². The number of sulfonamides is 1. The Labute approximate surface area is 193 Å². The maximum absolute atomic E-state index is 12.9. The number of ether oxygens (including phenoxy) is 3. The molecule has 0 atom stereocenters. The summed E-state index contributed by atoms with van der Waals surface area (Å²) in [6.07, 6.45) is -5.10. The number of alkyl halides is 3. The Morgan fingerprint density at radius 1 is 0.853 bits per heavy atom. The van der Waals surface area contributed by atoms with Gasteiger partial charge in [0.05, 0.1) is 31.2 Å². The zero-order valence-electron chi connectivity index (χ0n) is 17.8. The number of para-hydroxylation sites is 2. The van der Waals surface area contributed by atoms with E-state index in [2.05, 4.69) is 14.8 Å². The zero-order valence-corrected chi connectivity index (χ0v) is 18.7. The van der Waals surface area contributed by atoms with Crippen molar-refractivity contribution in [3.63, 3.8) is 0 Å². The van der Waals surface area contributed by atoms with Crippen molar-refractivity contribution in [3.8, 4) is 17.2 Å². The van der Waals surface area contributed by atoms with Gasteiger partial charge in [-0.05, 0) is 36.4 Å². The molecule has 0 aliphatic heterocycles. The first-order chi connectivity index (χ1) is 16.0. The Bertz CT molecular complexity index is 1300. The topological polar surface area (TPSA) is 103 Å². The van der Waals surface area contributed by atoms with Crippen LogP contribution in [0.1, 0.15) is 10.4 Å². The van der Waals surface area contributed by atoms with Crippen LogP contribution in [0.5, 0.6) is 17.2 Å². The molecule has 3 aromatic carbocycles. The van der Waals surface area contributed by atoms with E-state index in [-0.39, 0.29) is 16.9 Å². The molecule has 0 bridgehead atoms. The lowest BCUT2D eigenvalue weighted by molar-refractivity contribution is -0.275. The number of rotatable bonds is 8. The molecule has 34 heavy (non-hydrogen) atoms. The third-order valence-electron chi connectivity index (χ3n) is 4.44. The van der Waals surface area contributed by atoms with Crippen molar-refractivity contribution in [1.82, 2.24) is 0 Å². The van der Waals surface area contributed by atoms with Gasteiger partial charge in [0.2, 0.25) is 0 Å². The van der Waals surface area contributed by atoms with E-state index in [9.17, 15) is 26.4 Å². The molecular weight excluding hydrogens is 477 g/mol. The van der Waals surface area contributed by atoms with Gasteiger partial charge in [0.25, 0.3) is 15.9 Å². The fourth-order valence-corrected chi connectivity index (χ4v) is 4.15. The number of anilines is 2. The van der Waals surface area contributed by atoms with Gasteiger partial charge in [0.1, 0.15) is 22.1 Å². The summed E-state index contributed by atoms with van der Waals surface area (Å²) in [5.41, 5.74) is 0.0438. The first-order valence-corrected chi connectivity index (χ1v) is 11.0. The Morgan fingerprint density at radius 3 is 2.21 bits per heavy atom. The minimum atomic E-state index is -5.10. The lowest BCUT2D eigenvalue weighted by Crippen LogP contribution is -2.22. The second-order valence-corrected chi connectivity index (χ2v) is 8.32. The van der Waals surface area contributed by atoms with E-state index < -0.39 is 32.9 Å². The lowest BCUT2D eigenvalue weighted by Gasteiger charge is -2.16. The summed E-state index contributed by atoms with van der Waals surface area (Å²) in [4.78, 5) is 12.2. The van der Waals surface area contributed by atoms with Gasteiger partial charge >= 0.3 is 6.36 Å². The Balaban J connectivity index is 1.91. The number of benzene rings is 3. The molecule has 0 aliphatic carbocycles. The first kappa shape index (κ1) is 24.7. The van der Waals surface area contributed by atoms with Crippen molar-refractivity contribution in [3.05, 3.63) is 72.3 Å². The van der Waals surface area contributed by atoms with Crippen LogP contribution in [0.15, 0.2) is 71.6 Å². The number of hydrogen-bond acceptors (Lipinski definition) is 6. The molecule has 0 aromatic heterocycles. The highest BCUT2D eigenvalue weighted by Gasteiger charge is 2.34. The predicted octanol–water partition coefficient (Wildman–Crippen LogP) is 4.66. The van der Waals surface area contributed by atoms with E-state index in [0.717, 1.165) is 12.1 Å². The van der Waals surface area contributed by atoms with Crippen molar-refractivity contribution in [1.29, 1.82) is 0 Å². The van der Waals surface area contributed by atoms with Crippen LogP contribution in [-0.4, -0.2) is 34.9 Å². The molecule has 8 nitrogen and oxygen atoms in total. The van der Waals surface area contributed by atoms with Gasteiger partial charge in [0.15, 0.2) is 0 Å². The van der Waals surface area contributed by atoms with Gasteiger partial charge < -0.3 is 19.5 Å². The van der Waals surface area contributed by atoms with Crippen LogP contribution in [0.3, 0.4) is 0 Å². The highest BCUT2D eigenvalue weighted by molar-refractivity contribution is 7.92. The highest BCUT2D eigenvalue weighted by atomic mass is 32.2. The monoisotopic (exact) mass is 496 g/mol. The molecule has 3 aromatic rings. The van der Waals surface area contributed by atoms with Crippen LogP contribution in [0.4, 0.5) is 24.5 Å². The zero-order chi connectivity index (χ0) is 24.9. The van der Waals surface area contributed by atoms with Crippen LogP contribution in [0.2, 0.25) is 0 Å². The molecule has 0 aliphatic rings. The van der Waals surface area contributed by atoms with Crippen molar-refractivity contribution in [2.45, 2.75) is 11.3 Å². The summed E-state index contributed by atoms with van der Waals surface area (Å²) in [6.45, 7) is 0. The summed E-state index contributed by atoms with van der Waals surface area (Å²) in [5, 5.41) is 2.61. The van der Waals surface area contributed by atoms with Crippen LogP contribution in [0.25, 0.3) is 0 Å². The number of halogens is 3. The molecule has 180 valence electrons. The molecule has 0 unspecified atom stereocenters. The van der Waals surface area contributed by atoms with Crippen LogP contribution >= 0.6 is 0 Å². The number of hydrogen-bond donors (Lipinski definition) is 2. The molecule has 0 spiro atoms. The number of carbonyl (C=O) groups is 1. The minimum Gasteiger partial charge on any atom is -0.497 e. The molecule has 0 heterocycles. The van der Waals surface area contributed by atoms with Gasteiger partial charge in [-0.2, -0.15) is 0 Å². The van der Waals surface area contributed by atoms with Gasteiger partial charge in [-0.15, -0.1) is 13.2 Å². The summed E-state index contributed by atoms with van der Waals surface area (Å²) >= 11 is 0. The van der Waals surface area contributed by atoms with E-state index in [1.165, 1.54) is 56.7 Å². The predicted molar refractivity (Wildman–Crippen MR) is 118 cm³/mol. The van der Waals surface area contributed by atoms with Gasteiger partial charge in [-0.3, -0.25) is 9.52 Å². The molecule has 0 fully saturated rings. The Kier molecular flexibility index (Phi) is 7.20. The maximum atomic E-state index is 12.9. The van der Waals surface area contributed by atoms with Crippen LogP contribution < -0.4 is 24.2 Å². The third-order valence-corrected chi connectivity index (χ3v) is 5.84. The normalized spacial score (nSPS) is 11.4. The summed E-state index contributed by atoms with van der Waals surface area (Å²) in [7, 11) is -1.70. The average molecular weight is 496 g/mol. The standard InChI is InChI=1S/C22H19F3N2O6S/c1-31-14-11-12-17(19(13-14)32-2)26-21(28)15-7-3-4-8-16(15)27-34(29,30)20-10-6-5-9-18(20)33-22(23,24)25/h3-13,27H,1-2H3,(H,26,28). The van der Waals surface area contributed by atoms with Gasteiger partial charge in [-0.1, -0.05) is 24.3 Å². The largest absolute Gasteiger partial charge is 0.573 e. The maximum Gasteiger partial charge on any atom is 0.573 e. The molecule has 12 heteroatoms. The van der Waals surface area contributed by atoms with Crippen LogP contribution in [-0.2, 0) is 10.0 Å². The molecule has 0 radical (unpaired) electrons. The fourth-order valence-electron chi connectivity index (χ4n) is 2.94. The molecule has 2 N–H and O–H groups in total. The van der Waals surface area contributed by atoms with E-state index in [1.54, 1.807) is 12.1 Å². The Hall–Kier alpha value is -3.93. The summed E-state index contributed by atoms with van der Waals surface area (Å²) in [5.74, 6) is -0.819. The quantitative estimate of drug-likeness (QED) is 0.471. The smallest absolute Gasteiger partial charge is 0.497 e. The van der Waals surface area contributed by atoms with E-state index >= 15 is 0 Å². The summed E-state index contributed by atoms with van der Waals surface area (Å²) in [6, 6.07) is 14.5. The van der Waals surface area contributed by atoms with E-state index in [4.69, 9.17) is 9.47 Å². The molecule has 1 amide bonds. The van der Waals surface area contributed by atoms with E-state index in [0.29, 0.717) is 11.5 Å². The second kappa shape index (κ2) is 9.91. The number of carbonyl (C=O) groups excluding carboxylic acids is 1. The van der Waals surface area contributed by atoms with Crippen molar-refractivity contribution < 1.29 is 40.6 Å². The number of methoxy groups -OCH3 is 2. The highest BCUT2D eigenvalue weighted by Crippen LogP contribution is 2.32. The fraction of sp³-hybridized carbons (Fsp3) is 0.136. The lowest BCUT2D eigenvalue weighted by atomic mass is 10.1. The van der Waals surface area contributed by atoms with Crippen LogP contribution in [0, 0.1) is 0 Å². The molecule has 0 saturated heterocycles. The molecule has 3 rings (SSSR count). The Morgan fingerprint density at radius 2 is 1.53 bits per heavy atom. The van der Waals surface area contributed by atoms with Crippen molar-refractivity contribution in [2.75, 3.05) is 24.3 Å². The second-order valence-electron chi connectivity index (χ2n) is 6.67. The SMILES string of the molecule is COc1ccc(NC(=O)c2ccccc2NS(=O)(=O)c2ccccc2OC(F)(F)F)c(OC)c1. The summed E-state index contributed by atoms with van der Waals surface area (Å²) < 4.78 is 80.3. The van der Waals surface area contributed by atoms with E-state index in [1.807, 2.05) is 0 Å². The van der Waals surface area contributed by atoms with Crippen molar-refractivity contribution in [2.24, 2.45) is 0 Å². The van der Waals surface area contributed by atoms with Crippen molar-refractivity contribution >= 4 is 27.3 Å². The van der Waals surface area contributed by atoms with Gasteiger partial charge in [-0.25, -0.2) is 8.42 Å². The first-order valence-electron chi connectivity index (χ1n) is 9.54.